The quantitative estimate of drug-likeness (QED) is 0.739. The molecule has 0 unspecified atom stereocenters. The second-order valence-corrected chi connectivity index (χ2v) is 6.04. The Morgan fingerprint density at radius 1 is 1.53 bits per heavy atom. The molecule has 2 aliphatic rings. The highest BCUT2D eigenvalue weighted by Crippen LogP contribution is 2.56. The normalized spacial score (nSPS) is 29.2. The van der Waals surface area contributed by atoms with Gasteiger partial charge in [-0.3, -0.25) is 4.79 Å². The van der Waals surface area contributed by atoms with Gasteiger partial charge in [-0.05, 0) is 37.8 Å². The smallest absolute Gasteiger partial charge is 0.253 e. The first kappa shape index (κ1) is 12.7. The van der Waals surface area contributed by atoms with Crippen LogP contribution in [0.1, 0.15) is 27.2 Å². The molecule has 0 saturated heterocycles. The Morgan fingerprint density at radius 3 is 2.68 bits per heavy atom. The Bertz CT molecular complexity index is 562. The molecule has 0 bridgehead atoms. The summed E-state index contributed by atoms with van der Waals surface area (Å²) in [5.74, 6) is 1.24. The van der Waals surface area contributed by atoms with E-state index in [2.05, 4.69) is 35.6 Å². The molecule has 19 heavy (non-hydrogen) atoms. The molecule has 1 aliphatic carbocycles. The SMILES string of the molecule is CC(C)N1c2nc(Cl)ncc2N(C)C(=O)[C@@]12C[C@@H]2C. The maximum absolute atomic E-state index is 12.7. The Kier molecular flexibility index (Phi) is 2.55. The van der Waals surface area contributed by atoms with Crippen molar-refractivity contribution in [3.63, 3.8) is 0 Å². The lowest BCUT2D eigenvalue weighted by Gasteiger charge is -2.44. The van der Waals surface area contributed by atoms with Gasteiger partial charge in [-0.15, -0.1) is 0 Å². The van der Waals surface area contributed by atoms with E-state index in [0.29, 0.717) is 5.92 Å². The molecule has 1 saturated carbocycles. The summed E-state index contributed by atoms with van der Waals surface area (Å²) < 4.78 is 0. The number of carbonyl (C=O) groups excluding carboxylic acids is 1. The molecule has 1 aromatic heterocycles. The van der Waals surface area contributed by atoms with E-state index in [0.717, 1.165) is 17.9 Å². The minimum absolute atomic E-state index is 0.132. The average molecular weight is 281 g/mol. The minimum atomic E-state index is -0.437. The molecule has 0 radical (unpaired) electrons. The highest BCUT2D eigenvalue weighted by atomic mass is 35.5. The Balaban J connectivity index is 2.22. The average Bonchev–Trinajstić information content (AvgIpc) is 2.98. The van der Waals surface area contributed by atoms with E-state index in [1.165, 1.54) is 0 Å². The first-order valence-corrected chi connectivity index (χ1v) is 6.87. The number of hydrogen-bond donors (Lipinski definition) is 0. The van der Waals surface area contributed by atoms with Crippen molar-refractivity contribution in [1.82, 2.24) is 9.97 Å². The van der Waals surface area contributed by atoms with Crippen molar-refractivity contribution in [2.45, 2.75) is 38.8 Å². The maximum Gasteiger partial charge on any atom is 0.253 e. The van der Waals surface area contributed by atoms with Gasteiger partial charge in [0, 0.05) is 13.1 Å². The second kappa shape index (κ2) is 3.82. The topological polar surface area (TPSA) is 49.3 Å². The van der Waals surface area contributed by atoms with E-state index in [4.69, 9.17) is 11.6 Å². The van der Waals surface area contributed by atoms with Crippen molar-refractivity contribution in [1.29, 1.82) is 0 Å². The molecular weight excluding hydrogens is 264 g/mol. The van der Waals surface area contributed by atoms with Crippen LogP contribution in [0.15, 0.2) is 6.20 Å². The molecule has 2 atom stereocenters. The molecule has 6 heteroatoms. The van der Waals surface area contributed by atoms with Gasteiger partial charge in [0.2, 0.25) is 5.28 Å². The molecule has 1 aliphatic heterocycles. The highest BCUT2D eigenvalue weighted by Gasteiger charge is 2.65. The monoisotopic (exact) mass is 280 g/mol. The van der Waals surface area contributed by atoms with Crippen molar-refractivity contribution in [2.24, 2.45) is 5.92 Å². The predicted molar refractivity (Wildman–Crippen MR) is 74.6 cm³/mol. The number of carbonyl (C=O) groups is 1. The number of hydrogen-bond acceptors (Lipinski definition) is 4. The third kappa shape index (κ3) is 1.51. The summed E-state index contributed by atoms with van der Waals surface area (Å²) in [4.78, 5) is 24.8. The molecule has 1 fully saturated rings. The van der Waals surface area contributed by atoms with Gasteiger partial charge in [0.25, 0.3) is 5.91 Å². The lowest BCUT2D eigenvalue weighted by Crippen LogP contribution is -2.58. The van der Waals surface area contributed by atoms with Gasteiger partial charge in [-0.2, -0.15) is 4.98 Å². The molecular formula is C13H17ClN4O. The van der Waals surface area contributed by atoms with Gasteiger partial charge in [-0.1, -0.05) is 6.92 Å². The van der Waals surface area contributed by atoms with Gasteiger partial charge < -0.3 is 9.80 Å². The molecule has 0 aromatic carbocycles. The fraction of sp³-hybridized carbons (Fsp3) is 0.615. The number of aromatic nitrogens is 2. The summed E-state index contributed by atoms with van der Waals surface area (Å²) in [7, 11) is 1.78. The number of amides is 1. The van der Waals surface area contributed by atoms with Crippen molar-refractivity contribution >= 4 is 29.0 Å². The summed E-state index contributed by atoms with van der Waals surface area (Å²) in [5.41, 5.74) is 0.293. The molecule has 3 rings (SSSR count). The predicted octanol–water partition coefficient (Wildman–Crippen LogP) is 2.10. The molecule has 2 heterocycles. The van der Waals surface area contributed by atoms with Crippen molar-refractivity contribution in [3.05, 3.63) is 11.5 Å². The van der Waals surface area contributed by atoms with E-state index < -0.39 is 5.54 Å². The van der Waals surface area contributed by atoms with Gasteiger partial charge in [-0.25, -0.2) is 4.98 Å². The first-order chi connectivity index (χ1) is 8.89. The summed E-state index contributed by atoms with van der Waals surface area (Å²) in [6, 6.07) is 0.187. The van der Waals surface area contributed by atoms with E-state index in [-0.39, 0.29) is 17.2 Å². The highest BCUT2D eigenvalue weighted by molar-refractivity contribution is 6.28. The van der Waals surface area contributed by atoms with Crippen LogP contribution in [-0.2, 0) is 4.79 Å². The van der Waals surface area contributed by atoms with Crippen molar-refractivity contribution in [3.8, 4) is 0 Å². The van der Waals surface area contributed by atoms with Crippen LogP contribution in [0.3, 0.4) is 0 Å². The third-order valence-electron chi connectivity index (χ3n) is 4.20. The van der Waals surface area contributed by atoms with Crippen LogP contribution in [0.5, 0.6) is 0 Å². The van der Waals surface area contributed by atoms with Crippen molar-refractivity contribution < 1.29 is 4.79 Å². The van der Waals surface area contributed by atoms with Gasteiger partial charge in [0.05, 0.1) is 6.20 Å². The zero-order chi connectivity index (χ0) is 13.9. The zero-order valence-corrected chi connectivity index (χ0v) is 12.3. The standard InChI is InChI=1S/C13H17ClN4O/c1-7(2)18-10-9(6-15-12(14)16-10)17(4)11(19)13(18)5-8(13)3/h6-8H,5H2,1-4H3/t8-,13-/m0/s1. The molecule has 1 aromatic rings. The van der Waals surface area contributed by atoms with E-state index >= 15 is 0 Å². The second-order valence-electron chi connectivity index (χ2n) is 5.71. The van der Waals surface area contributed by atoms with Gasteiger partial charge in [0.1, 0.15) is 11.2 Å². The molecule has 1 spiro atoms. The minimum Gasteiger partial charge on any atom is -0.337 e. The fourth-order valence-electron chi connectivity index (χ4n) is 3.20. The van der Waals surface area contributed by atoms with Gasteiger partial charge >= 0.3 is 0 Å². The van der Waals surface area contributed by atoms with Crippen LogP contribution >= 0.6 is 11.6 Å². The Hall–Kier alpha value is -1.36. The Labute approximate surface area is 117 Å². The van der Waals surface area contributed by atoms with E-state index in [1.807, 2.05) is 0 Å². The van der Waals surface area contributed by atoms with Gasteiger partial charge in [0.15, 0.2) is 5.82 Å². The maximum atomic E-state index is 12.7. The van der Waals surface area contributed by atoms with Crippen LogP contribution in [0.2, 0.25) is 5.28 Å². The number of halogens is 1. The molecule has 102 valence electrons. The molecule has 1 amide bonds. The first-order valence-electron chi connectivity index (χ1n) is 6.49. The lowest BCUT2D eigenvalue weighted by atomic mass is 10.0. The summed E-state index contributed by atoms with van der Waals surface area (Å²) >= 11 is 5.93. The largest absolute Gasteiger partial charge is 0.337 e. The van der Waals surface area contributed by atoms with E-state index in [1.54, 1.807) is 18.1 Å². The van der Waals surface area contributed by atoms with Crippen LogP contribution in [-0.4, -0.2) is 34.5 Å². The van der Waals surface area contributed by atoms with Crippen LogP contribution < -0.4 is 9.80 Å². The molecule has 5 nitrogen and oxygen atoms in total. The number of rotatable bonds is 1. The number of anilines is 2. The van der Waals surface area contributed by atoms with Crippen LogP contribution in [0.25, 0.3) is 0 Å². The fourth-order valence-corrected chi connectivity index (χ4v) is 3.33. The van der Waals surface area contributed by atoms with Crippen LogP contribution in [0, 0.1) is 5.92 Å². The summed E-state index contributed by atoms with van der Waals surface area (Å²) in [6.45, 7) is 6.26. The van der Waals surface area contributed by atoms with Crippen molar-refractivity contribution in [2.75, 3.05) is 16.8 Å². The zero-order valence-electron chi connectivity index (χ0n) is 11.5. The third-order valence-corrected chi connectivity index (χ3v) is 4.39. The number of nitrogens with zero attached hydrogens (tertiary/aromatic N) is 4. The van der Waals surface area contributed by atoms with E-state index in [9.17, 15) is 4.79 Å². The van der Waals surface area contributed by atoms with Crippen LogP contribution in [0.4, 0.5) is 11.5 Å². The molecule has 0 N–H and O–H groups in total. The lowest BCUT2D eigenvalue weighted by molar-refractivity contribution is -0.121. The number of likely N-dealkylation sites (N-methyl/N-ethyl adjacent to an activating group) is 1. The summed E-state index contributed by atoms with van der Waals surface area (Å²) in [6.07, 6.45) is 2.49. The summed E-state index contributed by atoms with van der Waals surface area (Å²) in [5, 5.41) is 0.218. The number of fused-ring (bicyclic) bond motifs is 1. The Morgan fingerprint density at radius 2 is 2.16 bits per heavy atom.